The maximum absolute atomic E-state index is 12.2. The van der Waals surface area contributed by atoms with Gasteiger partial charge in [-0.1, -0.05) is 0 Å². The van der Waals surface area contributed by atoms with Crippen molar-refractivity contribution in [3.63, 3.8) is 0 Å². The standard InChI is InChI=1S/C20H14F3N5O/c21-20(22,23)7-5-18(29)27-14-2-4-17-15(10-14)19(26-11-25-17)28-13-1-3-16-12(9-13)6-8-24-16/h1-11,24H,(H,27,29)(H,25,26,28). The molecule has 0 aliphatic rings. The lowest BCUT2D eigenvalue weighted by Gasteiger charge is -2.10. The van der Waals surface area contributed by atoms with Crippen LogP contribution in [0.25, 0.3) is 21.8 Å². The molecule has 146 valence electrons. The molecule has 4 rings (SSSR count). The maximum atomic E-state index is 12.2. The predicted molar refractivity (Wildman–Crippen MR) is 105 cm³/mol. The van der Waals surface area contributed by atoms with Crippen molar-refractivity contribution >= 4 is 44.9 Å². The molecule has 29 heavy (non-hydrogen) atoms. The van der Waals surface area contributed by atoms with Gasteiger partial charge in [0.25, 0.3) is 0 Å². The number of allylic oxidation sites excluding steroid dienone is 1. The number of nitrogens with zero attached hydrogens (tertiary/aromatic N) is 2. The van der Waals surface area contributed by atoms with Crippen LogP contribution in [0.5, 0.6) is 0 Å². The first-order valence-electron chi connectivity index (χ1n) is 8.53. The number of aromatic nitrogens is 3. The van der Waals surface area contributed by atoms with Gasteiger partial charge in [-0.3, -0.25) is 4.79 Å². The number of H-pyrrole nitrogens is 1. The lowest BCUT2D eigenvalue weighted by atomic mass is 10.2. The highest BCUT2D eigenvalue weighted by atomic mass is 19.4. The van der Waals surface area contributed by atoms with E-state index in [1.165, 1.54) is 6.33 Å². The van der Waals surface area contributed by atoms with E-state index in [0.29, 0.717) is 28.5 Å². The lowest BCUT2D eigenvalue weighted by Crippen LogP contribution is -2.10. The van der Waals surface area contributed by atoms with Gasteiger partial charge in [0.05, 0.1) is 5.52 Å². The average Bonchev–Trinajstić information content (AvgIpc) is 3.14. The normalized spacial score (nSPS) is 12.0. The van der Waals surface area contributed by atoms with Gasteiger partial charge < -0.3 is 15.6 Å². The summed E-state index contributed by atoms with van der Waals surface area (Å²) in [6.07, 6.45) is -0.972. The Morgan fingerprint density at radius 3 is 2.69 bits per heavy atom. The minimum Gasteiger partial charge on any atom is -0.361 e. The van der Waals surface area contributed by atoms with E-state index in [0.717, 1.165) is 16.6 Å². The number of benzene rings is 2. The van der Waals surface area contributed by atoms with Crippen LogP contribution in [0.15, 0.2) is 67.1 Å². The zero-order valence-electron chi connectivity index (χ0n) is 14.8. The van der Waals surface area contributed by atoms with E-state index in [2.05, 4.69) is 25.6 Å². The number of alkyl halides is 3. The number of carbonyl (C=O) groups excluding carboxylic acids is 1. The van der Waals surface area contributed by atoms with Gasteiger partial charge in [-0.15, -0.1) is 0 Å². The molecule has 6 nitrogen and oxygen atoms in total. The van der Waals surface area contributed by atoms with Crippen molar-refractivity contribution in [3.8, 4) is 0 Å². The van der Waals surface area contributed by atoms with Gasteiger partial charge in [0.2, 0.25) is 5.91 Å². The van der Waals surface area contributed by atoms with Crippen LogP contribution in [-0.4, -0.2) is 27.0 Å². The van der Waals surface area contributed by atoms with E-state index in [1.807, 2.05) is 30.5 Å². The van der Waals surface area contributed by atoms with E-state index < -0.39 is 12.1 Å². The molecule has 0 aliphatic heterocycles. The van der Waals surface area contributed by atoms with E-state index in [9.17, 15) is 18.0 Å². The Morgan fingerprint density at radius 1 is 1.03 bits per heavy atom. The molecular formula is C20H14F3N5O. The quantitative estimate of drug-likeness (QED) is 0.427. The minimum absolute atomic E-state index is 0.114. The molecule has 0 saturated heterocycles. The Morgan fingerprint density at radius 2 is 1.86 bits per heavy atom. The molecule has 3 N–H and O–H groups in total. The summed E-state index contributed by atoms with van der Waals surface area (Å²) in [7, 11) is 0. The monoisotopic (exact) mass is 397 g/mol. The number of anilines is 3. The second kappa shape index (κ2) is 7.27. The van der Waals surface area contributed by atoms with Crippen molar-refractivity contribution in [3.05, 3.63) is 67.1 Å². The van der Waals surface area contributed by atoms with E-state index in [-0.39, 0.29) is 6.08 Å². The highest BCUT2D eigenvalue weighted by molar-refractivity contribution is 6.02. The van der Waals surface area contributed by atoms with Crippen LogP contribution in [0.1, 0.15) is 0 Å². The molecule has 1 amide bonds. The Kier molecular flexibility index (Phi) is 4.63. The molecular weight excluding hydrogens is 383 g/mol. The largest absolute Gasteiger partial charge is 0.409 e. The topological polar surface area (TPSA) is 82.7 Å². The SMILES string of the molecule is O=C(C=CC(F)(F)F)Nc1ccc2ncnc(Nc3ccc4[nH]ccc4c3)c2c1. The Labute approximate surface area is 162 Å². The first kappa shape index (κ1) is 18.5. The molecule has 0 radical (unpaired) electrons. The summed E-state index contributed by atoms with van der Waals surface area (Å²) in [6.45, 7) is 0. The second-order valence-corrected chi connectivity index (χ2v) is 6.22. The van der Waals surface area contributed by atoms with Crippen molar-refractivity contribution in [1.29, 1.82) is 0 Å². The van der Waals surface area contributed by atoms with Crippen LogP contribution >= 0.6 is 0 Å². The predicted octanol–water partition coefficient (Wildman–Crippen LogP) is 4.91. The maximum Gasteiger partial charge on any atom is 0.409 e. The molecule has 0 unspecified atom stereocenters. The lowest BCUT2D eigenvalue weighted by molar-refractivity contribution is -0.112. The Bertz CT molecular complexity index is 1230. The summed E-state index contributed by atoms with van der Waals surface area (Å²) in [5.74, 6) is -0.377. The van der Waals surface area contributed by atoms with Crippen LogP contribution in [0.2, 0.25) is 0 Å². The van der Waals surface area contributed by atoms with Crippen LogP contribution in [-0.2, 0) is 4.79 Å². The van der Waals surface area contributed by atoms with Crippen molar-refractivity contribution in [1.82, 2.24) is 15.0 Å². The van der Waals surface area contributed by atoms with E-state index >= 15 is 0 Å². The molecule has 0 saturated carbocycles. The van der Waals surface area contributed by atoms with Gasteiger partial charge in [-0.25, -0.2) is 9.97 Å². The van der Waals surface area contributed by atoms with Gasteiger partial charge in [-0.05, 0) is 42.5 Å². The highest BCUT2D eigenvalue weighted by Crippen LogP contribution is 2.27. The van der Waals surface area contributed by atoms with E-state index in [1.54, 1.807) is 18.2 Å². The molecule has 0 spiro atoms. The number of amides is 1. The number of rotatable bonds is 4. The van der Waals surface area contributed by atoms with Crippen molar-refractivity contribution < 1.29 is 18.0 Å². The molecule has 2 aromatic heterocycles. The summed E-state index contributed by atoms with van der Waals surface area (Å²) in [5.41, 5.74) is 2.75. The smallest absolute Gasteiger partial charge is 0.361 e. The molecule has 2 heterocycles. The number of hydrogen-bond acceptors (Lipinski definition) is 4. The summed E-state index contributed by atoms with van der Waals surface area (Å²) >= 11 is 0. The van der Waals surface area contributed by atoms with Gasteiger partial charge in [0.1, 0.15) is 12.1 Å². The fourth-order valence-electron chi connectivity index (χ4n) is 2.86. The average molecular weight is 397 g/mol. The number of hydrogen-bond donors (Lipinski definition) is 3. The van der Waals surface area contributed by atoms with Gasteiger partial charge in [0, 0.05) is 46.0 Å². The number of aromatic amines is 1. The van der Waals surface area contributed by atoms with Crippen LogP contribution < -0.4 is 10.6 Å². The van der Waals surface area contributed by atoms with Gasteiger partial charge in [0.15, 0.2) is 0 Å². The molecule has 2 aromatic carbocycles. The van der Waals surface area contributed by atoms with Crippen LogP contribution in [0.3, 0.4) is 0 Å². The van der Waals surface area contributed by atoms with E-state index in [4.69, 9.17) is 0 Å². The first-order chi connectivity index (χ1) is 13.9. The summed E-state index contributed by atoms with van der Waals surface area (Å²) in [6, 6.07) is 12.5. The Hall–Kier alpha value is -3.88. The summed E-state index contributed by atoms with van der Waals surface area (Å²) < 4.78 is 36.6. The van der Waals surface area contributed by atoms with Crippen molar-refractivity contribution in [2.75, 3.05) is 10.6 Å². The minimum atomic E-state index is -4.55. The number of fused-ring (bicyclic) bond motifs is 2. The zero-order valence-corrected chi connectivity index (χ0v) is 14.8. The fraction of sp³-hybridized carbons (Fsp3) is 0.0500. The molecule has 0 aliphatic carbocycles. The Balaban J connectivity index is 1.62. The molecule has 4 aromatic rings. The second-order valence-electron chi connectivity index (χ2n) is 6.22. The molecule has 9 heteroatoms. The third kappa shape index (κ3) is 4.34. The molecule has 0 bridgehead atoms. The molecule has 0 fully saturated rings. The number of nitrogens with one attached hydrogen (secondary N) is 3. The number of halogens is 3. The first-order valence-corrected chi connectivity index (χ1v) is 8.53. The summed E-state index contributed by atoms with van der Waals surface area (Å²) in [4.78, 5) is 23.3. The van der Waals surface area contributed by atoms with Crippen LogP contribution in [0.4, 0.5) is 30.4 Å². The van der Waals surface area contributed by atoms with Gasteiger partial charge in [-0.2, -0.15) is 13.2 Å². The fourth-order valence-corrected chi connectivity index (χ4v) is 2.86. The van der Waals surface area contributed by atoms with Crippen molar-refractivity contribution in [2.45, 2.75) is 6.18 Å². The third-order valence-electron chi connectivity index (χ3n) is 4.14. The molecule has 0 atom stereocenters. The highest BCUT2D eigenvalue weighted by Gasteiger charge is 2.22. The third-order valence-corrected chi connectivity index (χ3v) is 4.14. The van der Waals surface area contributed by atoms with Crippen molar-refractivity contribution in [2.24, 2.45) is 0 Å². The zero-order chi connectivity index (χ0) is 20.4. The van der Waals surface area contributed by atoms with Gasteiger partial charge >= 0.3 is 6.18 Å². The van der Waals surface area contributed by atoms with Crippen LogP contribution in [0, 0.1) is 0 Å². The number of carbonyl (C=O) groups is 1. The summed E-state index contributed by atoms with van der Waals surface area (Å²) in [5, 5.41) is 7.26.